The van der Waals surface area contributed by atoms with Gasteiger partial charge in [-0.25, -0.2) is 9.97 Å². The molecule has 1 fully saturated rings. The second kappa shape index (κ2) is 8.63. The topological polar surface area (TPSA) is 90.9 Å². The summed E-state index contributed by atoms with van der Waals surface area (Å²) in [4.78, 5) is 12.4. The Morgan fingerprint density at radius 1 is 1.32 bits per heavy atom. The Kier molecular flexibility index (Phi) is 5.79. The summed E-state index contributed by atoms with van der Waals surface area (Å²) in [5, 5.41) is 13.0. The molecule has 6 nitrogen and oxygen atoms in total. The first kappa shape index (κ1) is 18.8. The molecule has 144 valence electrons. The van der Waals surface area contributed by atoms with Gasteiger partial charge in [0.2, 0.25) is 0 Å². The highest BCUT2D eigenvalue weighted by Gasteiger charge is 2.22. The number of anilines is 2. The lowest BCUT2D eigenvalue weighted by molar-refractivity contribution is 0.190. The first-order valence-corrected chi connectivity index (χ1v) is 10.5. The number of allylic oxidation sites excluding steroid dienone is 2. The van der Waals surface area contributed by atoms with E-state index >= 15 is 0 Å². The largest absolute Gasteiger partial charge is 0.402 e. The molecule has 0 spiro atoms. The van der Waals surface area contributed by atoms with Crippen LogP contribution in [-0.4, -0.2) is 28.0 Å². The summed E-state index contributed by atoms with van der Waals surface area (Å²) >= 11 is 1.66. The number of nitriles is 1. The van der Waals surface area contributed by atoms with E-state index in [1.807, 2.05) is 6.08 Å². The van der Waals surface area contributed by atoms with Crippen molar-refractivity contribution < 1.29 is 0 Å². The van der Waals surface area contributed by atoms with Crippen molar-refractivity contribution in [2.24, 2.45) is 11.7 Å². The van der Waals surface area contributed by atoms with E-state index in [1.165, 1.54) is 10.5 Å². The normalized spacial score (nSPS) is 17.3. The van der Waals surface area contributed by atoms with Crippen LogP contribution in [0.3, 0.4) is 0 Å². The Balaban J connectivity index is 1.34. The van der Waals surface area contributed by atoms with Crippen LogP contribution in [-0.2, 0) is 6.54 Å². The standard InChI is InChI=1S/C21H24N6S/c22-8-2-1-3-17(23)16-6-11-27(12-7-16)14-15-4-5-19-18(13-15)26-20-21(28-19)25-10-9-24-20/h3-5,9-10,13,16H,1-2,6-7,11-12,14,23H2,(H,24,26)/b17-3+. The third-order valence-electron chi connectivity index (χ3n) is 5.27. The number of aromatic nitrogens is 2. The van der Waals surface area contributed by atoms with Crippen LogP contribution in [0, 0.1) is 17.2 Å². The molecule has 0 saturated carbocycles. The number of likely N-dealkylation sites (tertiary alicyclic amines) is 1. The third kappa shape index (κ3) is 4.29. The maximum atomic E-state index is 8.65. The van der Waals surface area contributed by atoms with Crippen LogP contribution in [0.2, 0.25) is 0 Å². The number of nitrogens with zero attached hydrogens (tertiary/aromatic N) is 4. The van der Waals surface area contributed by atoms with E-state index in [0.29, 0.717) is 12.3 Å². The fourth-order valence-electron chi connectivity index (χ4n) is 3.73. The summed E-state index contributed by atoms with van der Waals surface area (Å²) in [6.07, 6.45) is 8.94. The summed E-state index contributed by atoms with van der Waals surface area (Å²) < 4.78 is 0. The molecule has 0 unspecified atom stereocenters. The van der Waals surface area contributed by atoms with Crippen LogP contribution in [0.1, 0.15) is 31.2 Å². The van der Waals surface area contributed by atoms with E-state index in [1.54, 1.807) is 24.2 Å². The molecule has 2 aliphatic heterocycles. The molecular weight excluding hydrogens is 368 g/mol. The molecular formula is C21H24N6S. The van der Waals surface area contributed by atoms with E-state index in [9.17, 15) is 0 Å². The van der Waals surface area contributed by atoms with Crippen molar-refractivity contribution in [3.05, 3.63) is 47.9 Å². The van der Waals surface area contributed by atoms with Crippen molar-refractivity contribution in [2.45, 2.75) is 42.1 Å². The summed E-state index contributed by atoms with van der Waals surface area (Å²) in [6.45, 7) is 3.04. The van der Waals surface area contributed by atoms with Crippen LogP contribution in [0.15, 0.2) is 52.3 Å². The Labute approximate surface area is 169 Å². The minimum atomic E-state index is 0.451. The predicted octanol–water partition coefficient (Wildman–Crippen LogP) is 4.04. The van der Waals surface area contributed by atoms with Gasteiger partial charge in [0.05, 0.1) is 11.8 Å². The van der Waals surface area contributed by atoms with Crippen molar-refractivity contribution in [2.75, 3.05) is 18.4 Å². The molecule has 3 N–H and O–H groups in total. The molecule has 1 aromatic heterocycles. The van der Waals surface area contributed by atoms with Gasteiger partial charge in [-0.05, 0) is 50.0 Å². The summed E-state index contributed by atoms with van der Waals surface area (Å²) in [5.74, 6) is 1.28. The summed E-state index contributed by atoms with van der Waals surface area (Å²) in [5.41, 5.74) is 9.58. The number of rotatable bonds is 5. The lowest BCUT2D eigenvalue weighted by Gasteiger charge is -2.32. The number of nitrogens with one attached hydrogen (secondary N) is 1. The van der Waals surface area contributed by atoms with E-state index in [2.05, 4.69) is 44.5 Å². The zero-order valence-electron chi connectivity index (χ0n) is 15.8. The Bertz CT molecular complexity index is 911. The molecule has 28 heavy (non-hydrogen) atoms. The Hall–Kier alpha value is -2.56. The molecule has 4 rings (SSSR count). The van der Waals surface area contributed by atoms with Gasteiger partial charge in [-0.3, -0.25) is 4.90 Å². The summed E-state index contributed by atoms with van der Waals surface area (Å²) in [6, 6.07) is 8.76. The van der Waals surface area contributed by atoms with Crippen molar-refractivity contribution in [3.8, 4) is 6.07 Å². The molecule has 2 aromatic rings. The SMILES string of the molecule is N#CCC/C=C(/N)C1CCN(Cc2ccc3c(c2)Nc2nccnc2S3)CC1. The highest BCUT2D eigenvalue weighted by Crippen LogP contribution is 2.42. The maximum Gasteiger partial charge on any atom is 0.163 e. The number of nitrogens with two attached hydrogens (primary N) is 1. The molecule has 0 aliphatic carbocycles. The number of unbranched alkanes of at least 4 members (excludes halogenated alkanes) is 1. The lowest BCUT2D eigenvalue weighted by Crippen LogP contribution is -2.34. The number of piperidine rings is 1. The third-order valence-corrected chi connectivity index (χ3v) is 6.34. The van der Waals surface area contributed by atoms with Gasteiger partial charge >= 0.3 is 0 Å². The second-order valence-corrected chi connectivity index (χ2v) is 8.25. The van der Waals surface area contributed by atoms with Gasteiger partial charge < -0.3 is 11.1 Å². The quantitative estimate of drug-likeness (QED) is 0.633. The zero-order chi connectivity index (χ0) is 19.3. The second-order valence-electron chi connectivity index (χ2n) is 7.22. The number of hydrogen-bond acceptors (Lipinski definition) is 7. The monoisotopic (exact) mass is 392 g/mol. The minimum absolute atomic E-state index is 0.451. The van der Waals surface area contributed by atoms with Crippen molar-refractivity contribution in [1.82, 2.24) is 14.9 Å². The molecule has 0 radical (unpaired) electrons. The van der Waals surface area contributed by atoms with Gasteiger partial charge in [0, 0.05) is 41.9 Å². The number of hydrogen-bond donors (Lipinski definition) is 2. The Morgan fingerprint density at radius 3 is 2.96 bits per heavy atom. The molecule has 1 aromatic carbocycles. The molecule has 0 amide bonds. The minimum Gasteiger partial charge on any atom is -0.402 e. The van der Waals surface area contributed by atoms with Gasteiger partial charge in [0.25, 0.3) is 0 Å². The molecule has 0 atom stereocenters. The van der Waals surface area contributed by atoms with Crippen molar-refractivity contribution in [3.63, 3.8) is 0 Å². The first-order chi connectivity index (χ1) is 13.7. The van der Waals surface area contributed by atoms with Crippen LogP contribution in [0.4, 0.5) is 11.5 Å². The fraction of sp³-hybridized carbons (Fsp3) is 0.381. The maximum absolute atomic E-state index is 8.65. The van der Waals surface area contributed by atoms with Gasteiger partial charge in [-0.15, -0.1) is 0 Å². The number of benzene rings is 1. The fourth-order valence-corrected chi connectivity index (χ4v) is 4.61. The van der Waals surface area contributed by atoms with Crippen molar-refractivity contribution >= 4 is 23.3 Å². The molecule has 0 bridgehead atoms. The molecule has 3 heterocycles. The van der Waals surface area contributed by atoms with Gasteiger partial charge in [-0.1, -0.05) is 23.9 Å². The first-order valence-electron chi connectivity index (χ1n) is 9.66. The predicted molar refractivity (Wildman–Crippen MR) is 111 cm³/mol. The molecule has 7 heteroatoms. The smallest absolute Gasteiger partial charge is 0.163 e. The Morgan fingerprint density at radius 2 is 2.14 bits per heavy atom. The van der Waals surface area contributed by atoms with Crippen LogP contribution < -0.4 is 11.1 Å². The van der Waals surface area contributed by atoms with Crippen molar-refractivity contribution in [1.29, 1.82) is 5.26 Å². The van der Waals surface area contributed by atoms with Gasteiger partial charge in [0.15, 0.2) is 5.82 Å². The zero-order valence-corrected chi connectivity index (χ0v) is 16.6. The highest BCUT2D eigenvalue weighted by atomic mass is 32.2. The average Bonchev–Trinajstić information content (AvgIpc) is 2.73. The van der Waals surface area contributed by atoms with E-state index in [0.717, 1.165) is 61.1 Å². The van der Waals surface area contributed by atoms with Crippen LogP contribution in [0.25, 0.3) is 0 Å². The molecule has 2 aliphatic rings. The van der Waals surface area contributed by atoms with Gasteiger partial charge in [0.1, 0.15) is 5.03 Å². The lowest BCUT2D eigenvalue weighted by atomic mass is 9.92. The van der Waals surface area contributed by atoms with E-state index in [-0.39, 0.29) is 0 Å². The average molecular weight is 393 g/mol. The highest BCUT2D eigenvalue weighted by molar-refractivity contribution is 7.99. The van der Waals surface area contributed by atoms with Crippen LogP contribution >= 0.6 is 11.8 Å². The van der Waals surface area contributed by atoms with Crippen LogP contribution in [0.5, 0.6) is 0 Å². The number of fused-ring (bicyclic) bond motifs is 2. The molecule has 1 saturated heterocycles. The van der Waals surface area contributed by atoms with E-state index in [4.69, 9.17) is 11.0 Å². The summed E-state index contributed by atoms with van der Waals surface area (Å²) in [7, 11) is 0. The van der Waals surface area contributed by atoms with E-state index < -0.39 is 0 Å². The van der Waals surface area contributed by atoms with Gasteiger partial charge in [-0.2, -0.15) is 5.26 Å².